The highest BCUT2D eigenvalue weighted by molar-refractivity contribution is 6.63. The molecule has 43 heavy (non-hydrogen) atoms. The van der Waals surface area contributed by atoms with Crippen LogP contribution in [0.15, 0.2) is 109 Å². The topological polar surface area (TPSA) is 51.5 Å². The van der Waals surface area contributed by atoms with E-state index in [9.17, 15) is 5.26 Å². The molecule has 1 saturated heterocycles. The number of hydrogen-bond donors (Lipinski definition) is 0. The van der Waals surface area contributed by atoms with E-state index in [1.165, 1.54) is 22.3 Å². The summed E-state index contributed by atoms with van der Waals surface area (Å²) in [5.74, 6) is 1.53. The molecule has 208 valence electrons. The lowest BCUT2D eigenvalue weighted by Gasteiger charge is -2.41. The summed E-state index contributed by atoms with van der Waals surface area (Å²) in [6, 6.07) is 40.1. The van der Waals surface area contributed by atoms with E-state index in [0.717, 1.165) is 39.2 Å². The molecular weight excluding hydrogens is 529 g/mol. The van der Waals surface area contributed by atoms with Crippen LogP contribution in [0.1, 0.15) is 55.5 Å². The third kappa shape index (κ3) is 3.45. The van der Waals surface area contributed by atoms with Crippen molar-refractivity contribution in [2.24, 2.45) is 0 Å². The molecule has 0 atom stereocenters. The van der Waals surface area contributed by atoms with Gasteiger partial charge in [-0.25, -0.2) is 0 Å². The summed E-state index contributed by atoms with van der Waals surface area (Å²) < 4.78 is 20.3. The van der Waals surface area contributed by atoms with E-state index in [-0.39, 0.29) is 0 Å². The second-order valence-corrected chi connectivity index (χ2v) is 12.6. The highest BCUT2D eigenvalue weighted by Crippen LogP contribution is 2.63. The number of hydrogen-bond acceptors (Lipinski definition) is 4. The average Bonchev–Trinajstić information content (AvgIpc) is 3.43. The zero-order valence-corrected chi connectivity index (χ0v) is 24.6. The molecule has 2 heterocycles. The largest absolute Gasteiger partial charge is 0.498 e. The molecule has 0 unspecified atom stereocenters. The second kappa shape index (κ2) is 8.94. The first-order chi connectivity index (χ1) is 20.8. The summed E-state index contributed by atoms with van der Waals surface area (Å²) in [5, 5.41) is 9.70. The van der Waals surface area contributed by atoms with Gasteiger partial charge in [0.1, 0.15) is 11.5 Å². The minimum Gasteiger partial charge on any atom is -0.456 e. The van der Waals surface area contributed by atoms with Crippen molar-refractivity contribution in [3.63, 3.8) is 0 Å². The van der Waals surface area contributed by atoms with Crippen LogP contribution in [0.5, 0.6) is 11.5 Å². The first kappa shape index (κ1) is 26.0. The van der Waals surface area contributed by atoms with Gasteiger partial charge in [-0.1, -0.05) is 97.1 Å². The van der Waals surface area contributed by atoms with Crippen molar-refractivity contribution < 1.29 is 14.0 Å². The molecule has 8 rings (SSSR count). The van der Waals surface area contributed by atoms with Gasteiger partial charge < -0.3 is 14.0 Å². The summed E-state index contributed by atoms with van der Waals surface area (Å²) in [7, 11) is -0.598. The molecule has 0 bridgehead atoms. The van der Waals surface area contributed by atoms with Crippen LogP contribution >= 0.6 is 0 Å². The molecular formula is C38H30BNO3. The Labute approximate surface area is 252 Å². The molecule has 0 amide bonds. The van der Waals surface area contributed by atoms with Crippen LogP contribution in [0.25, 0.3) is 22.3 Å². The molecule has 0 N–H and O–H groups in total. The van der Waals surface area contributed by atoms with E-state index in [1.54, 1.807) is 0 Å². The Balaban J connectivity index is 1.47. The molecule has 0 aromatic heterocycles. The van der Waals surface area contributed by atoms with Gasteiger partial charge in [0.15, 0.2) is 0 Å². The number of ether oxygens (including phenoxy) is 1. The maximum absolute atomic E-state index is 9.70. The van der Waals surface area contributed by atoms with Crippen LogP contribution in [0.3, 0.4) is 0 Å². The van der Waals surface area contributed by atoms with Gasteiger partial charge in [0.25, 0.3) is 0 Å². The second-order valence-electron chi connectivity index (χ2n) is 12.6. The zero-order chi connectivity index (χ0) is 29.6. The van der Waals surface area contributed by atoms with Gasteiger partial charge in [-0.3, -0.25) is 0 Å². The van der Waals surface area contributed by atoms with Crippen molar-refractivity contribution >= 4 is 12.6 Å². The van der Waals surface area contributed by atoms with Crippen LogP contribution in [-0.4, -0.2) is 18.3 Å². The standard InChI is InChI=1S/C38H30BNO3/c1-36(2)37(3,4)43-39(42-36)33-21-11-20-32-35(33)41-34-26(25-13-9-12-24(22-25)23-40)16-10-19-31(34)38(32)29-17-7-5-14-27(29)28-15-6-8-18-30(28)38/h5-22H,1-4H3. The Kier molecular flexibility index (Phi) is 5.41. The maximum Gasteiger partial charge on any atom is 0.498 e. The Hall–Kier alpha value is -4.63. The average molecular weight is 559 g/mol. The fourth-order valence-corrected chi connectivity index (χ4v) is 7.11. The van der Waals surface area contributed by atoms with E-state index in [4.69, 9.17) is 14.0 Å². The summed E-state index contributed by atoms with van der Waals surface area (Å²) in [4.78, 5) is 0. The highest BCUT2D eigenvalue weighted by Gasteiger charge is 2.56. The van der Waals surface area contributed by atoms with E-state index in [0.29, 0.717) is 5.56 Å². The van der Waals surface area contributed by atoms with Crippen molar-refractivity contribution in [3.05, 3.63) is 137 Å². The van der Waals surface area contributed by atoms with Gasteiger partial charge in [-0.2, -0.15) is 5.26 Å². The molecule has 1 spiro atoms. The molecule has 5 aromatic rings. The van der Waals surface area contributed by atoms with E-state index < -0.39 is 23.7 Å². The molecule has 2 aliphatic heterocycles. The molecule has 5 heteroatoms. The van der Waals surface area contributed by atoms with Gasteiger partial charge in [-0.15, -0.1) is 0 Å². The Bertz CT molecular complexity index is 1940. The molecule has 4 nitrogen and oxygen atoms in total. The van der Waals surface area contributed by atoms with Crippen molar-refractivity contribution in [2.75, 3.05) is 0 Å². The monoisotopic (exact) mass is 559 g/mol. The Morgan fingerprint density at radius 3 is 1.77 bits per heavy atom. The van der Waals surface area contributed by atoms with E-state index in [1.807, 2.05) is 24.3 Å². The summed E-state index contributed by atoms with van der Waals surface area (Å²) in [6.07, 6.45) is 0. The molecule has 3 aliphatic rings. The number of rotatable bonds is 2. The smallest absolute Gasteiger partial charge is 0.456 e. The number of benzene rings is 5. The lowest BCUT2D eigenvalue weighted by Crippen LogP contribution is -2.41. The lowest BCUT2D eigenvalue weighted by molar-refractivity contribution is 0.00578. The third-order valence-electron chi connectivity index (χ3n) is 9.83. The van der Waals surface area contributed by atoms with Crippen molar-refractivity contribution in [3.8, 4) is 39.8 Å². The lowest BCUT2D eigenvalue weighted by atomic mass is 9.63. The van der Waals surface area contributed by atoms with Crippen LogP contribution in [-0.2, 0) is 14.7 Å². The first-order valence-corrected chi connectivity index (χ1v) is 14.8. The maximum atomic E-state index is 9.70. The van der Waals surface area contributed by atoms with E-state index in [2.05, 4.69) is 119 Å². The van der Waals surface area contributed by atoms with Gasteiger partial charge in [-0.05, 0) is 67.6 Å². The fourth-order valence-electron chi connectivity index (χ4n) is 7.11. The van der Waals surface area contributed by atoms with Crippen LogP contribution in [0.2, 0.25) is 0 Å². The zero-order valence-electron chi connectivity index (χ0n) is 24.6. The molecule has 1 fully saturated rings. The molecule has 0 radical (unpaired) electrons. The van der Waals surface area contributed by atoms with Crippen molar-refractivity contribution in [1.82, 2.24) is 0 Å². The number of nitriles is 1. The predicted octanol–water partition coefficient (Wildman–Crippen LogP) is 7.99. The summed E-state index contributed by atoms with van der Waals surface area (Å²) in [6.45, 7) is 8.29. The minimum absolute atomic E-state index is 0.500. The highest BCUT2D eigenvalue weighted by atomic mass is 16.7. The quantitative estimate of drug-likeness (QED) is 0.202. The van der Waals surface area contributed by atoms with Crippen molar-refractivity contribution in [2.45, 2.75) is 44.3 Å². The Morgan fingerprint density at radius 1 is 0.581 bits per heavy atom. The SMILES string of the molecule is CC1(C)OB(c2cccc3c2Oc2c(-c4cccc(C#N)c4)cccc2C32c3ccccc3-c3ccccc32)OC1(C)C. The normalized spacial score (nSPS) is 17.8. The first-order valence-electron chi connectivity index (χ1n) is 14.8. The van der Waals surface area contributed by atoms with Gasteiger partial charge in [0.2, 0.25) is 0 Å². The molecule has 0 saturated carbocycles. The number of fused-ring (bicyclic) bond motifs is 9. The summed E-state index contributed by atoms with van der Waals surface area (Å²) in [5.41, 5.74) is 8.72. The van der Waals surface area contributed by atoms with Crippen LogP contribution in [0.4, 0.5) is 0 Å². The number of para-hydroxylation sites is 2. The number of nitrogens with zero attached hydrogens (tertiary/aromatic N) is 1. The third-order valence-corrected chi connectivity index (χ3v) is 9.83. The fraction of sp³-hybridized carbons (Fsp3) is 0.184. The predicted molar refractivity (Wildman–Crippen MR) is 170 cm³/mol. The van der Waals surface area contributed by atoms with Crippen LogP contribution < -0.4 is 10.2 Å². The summed E-state index contributed by atoms with van der Waals surface area (Å²) >= 11 is 0. The molecule has 1 aliphatic carbocycles. The molecule has 5 aromatic carbocycles. The van der Waals surface area contributed by atoms with Crippen molar-refractivity contribution in [1.29, 1.82) is 5.26 Å². The minimum atomic E-state index is -0.626. The van der Waals surface area contributed by atoms with Gasteiger partial charge in [0.05, 0.1) is 28.2 Å². The van der Waals surface area contributed by atoms with Crippen LogP contribution in [0, 0.1) is 11.3 Å². The van der Waals surface area contributed by atoms with Gasteiger partial charge in [0, 0.05) is 22.2 Å². The Morgan fingerprint density at radius 2 is 1.12 bits per heavy atom. The van der Waals surface area contributed by atoms with Gasteiger partial charge >= 0.3 is 7.12 Å². The van der Waals surface area contributed by atoms with E-state index >= 15 is 0 Å².